The lowest BCUT2D eigenvalue weighted by Crippen LogP contribution is -2.33. The van der Waals surface area contributed by atoms with E-state index in [-0.39, 0.29) is 33.4 Å². The number of nitrogens with zero attached hydrogens (tertiary/aromatic N) is 3. The van der Waals surface area contributed by atoms with Gasteiger partial charge in [0.15, 0.2) is 0 Å². The van der Waals surface area contributed by atoms with E-state index < -0.39 is 16.5 Å². The summed E-state index contributed by atoms with van der Waals surface area (Å²) in [6, 6.07) is 19.5. The third kappa shape index (κ3) is 4.12. The lowest BCUT2D eigenvalue weighted by Gasteiger charge is -2.19. The molecule has 1 aliphatic rings. The van der Waals surface area contributed by atoms with Crippen molar-refractivity contribution in [3.63, 3.8) is 0 Å². The molecule has 8 nitrogen and oxygen atoms in total. The Morgan fingerprint density at radius 3 is 2.50 bits per heavy atom. The highest BCUT2D eigenvalue weighted by Crippen LogP contribution is 2.34. The number of amidine groups is 1. The number of benzene rings is 3. The van der Waals surface area contributed by atoms with Gasteiger partial charge in [-0.15, -0.1) is 0 Å². The standard InChI is InChI=1S/C26H15BrClN3O5/c1-14(19-12-15-4-2-3-5-22(15)36-26(19)33)23-25(32)30(17-8-6-16(27)7-9-17)24(29-23)20-13-18(31(34)35)10-11-21(20)28/h2-13H,1H3/b23-14-. The SMILES string of the molecule is C/C(=C1/N=C(c2cc([N+](=O)[O-])ccc2Cl)N(c2ccc(Br)cc2)C1=O)c1cc2ccccc2oc1=O. The van der Waals surface area contributed by atoms with E-state index in [0.29, 0.717) is 22.2 Å². The number of amides is 1. The smallest absolute Gasteiger partial charge is 0.343 e. The summed E-state index contributed by atoms with van der Waals surface area (Å²) in [5.41, 5.74) is 0.766. The predicted octanol–water partition coefficient (Wildman–Crippen LogP) is 6.34. The molecule has 0 N–H and O–H groups in total. The summed E-state index contributed by atoms with van der Waals surface area (Å²) in [6.45, 7) is 1.61. The normalized spacial score (nSPS) is 14.8. The lowest BCUT2D eigenvalue weighted by atomic mass is 10.1. The van der Waals surface area contributed by atoms with Gasteiger partial charge in [-0.05, 0) is 55.0 Å². The average Bonchev–Trinajstić information content (AvgIpc) is 3.20. The van der Waals surface area contributed by atoms with Gasteiger partial charge in [-0.25, -0.2) is 9.79 Å². The van der Waals surface area contributed by atoms with Crippen LogP contribution in [-0.2, 0) is 4.79 Å². The molecule has 0 bridgehead atoms. The fourth-order valence-corrected chi connectivity index (χ4v) is 4.38. The summed E-state index contributed by atoms with van der Waals surface area (Å²) in [5.74, 6) is -0.407. The van der Waals surface area contributed by atoms with Gasteiger partial charge in [0.05, 0.1) is 21.2 Å². The highest BCUT2D eigenvalue weighted by Gasteiger charge is 2.36. The zero-order chi connectivity index (χ0) is 25.6. The van der Waals surface area contributed by atoms with Crippen molar-refractivity contribution in [3.8, 4) is 0 Å². The van der Waals surface area contributed by atoms with Crippen molar-refractivity contribution < 1.29 is 14.1 Å². The zero-order valence-electron chi connectivity index (χ0n) is 18.6. The van der Waals surface area contributed by atoms with Gasteiger partial charge in [0.2, 0.25) is 0 Å². The van der Waals surface area contributed by atoms with Crippen LogP contribution >= 0.6 is 27.5 Å². The Balaban J connectivity index is 1.74. The number of carbonyl (C=O) groups is 1. The molecule has 0 saturated carbocycles. The van der Waals surface area contributed by atoms with E-state index in [9.17, 15) is 19.7 Å². The van der Waals surface area contributed by atoms with Crippen molar-refractivity contribution in [2.24, 2.45) is 4.99 Å². The second-order valence-corrected chi connectivity index (χ2v) is 9.26. The summed E-state index contributed by atoms with van der Waals surface area (Å²) in [5, 5.41) is 12.3. The minimum atomic E-state index is -0.612. The number of anilines is 1. The molecular weight excluding hydrogens is 550 g/mol. The molecular formula is C26H15BrClN3O5. The van der Waals surface area contributed by atoms with Gasteiger partial charge >= 0.3 is 5.63 Å². The second-order valence-electron chi connectivity index (χ2n) is 7.93. The van der Waals surface area contributed by atoms with E-state index in [2.05, 4.69) is 20.9 Å². The number of nitro groups is 1. The summed E-state index contributed by atoms with van der Waals surface area (Å²) < 4.78 is 6.24. The first kappa shape index (κ1) is 23.7. The summed E-state index contributed by atoms with van der Waals surface area (Å²) >= 11 is 9.79. The highest BCUT2D eigenvalue weighted by atomic mass is 79.9. The zero-order valence-corrected chi connectivity index (χ0v) is 20.9. The van der Waals surface area contributed by atoms with Gasteiger partial charge in [-0.1, -0.05) is 45.7 Å². The first-order valence-corrected chi connectivity index (χ1v) is 11.8. The Bertz CT molecular complexity index is 1690. The maximum absolute atomic E-state index is 13.7. The molecule has 0 unspecified atom stereocenters. The molecule has 178 valence electrons. The number of hydrogen-bond donors (Lipinski definition) is 0. The average molecular weight is 565 g/mol. The quantitative estimate of drug-likeness (QED) is 0.124. The van der Waals surface area contributed by atoms with Gasteiger partial charge in [0.1, 0.15) is 17.1 Å². The largest absolute Gasteiger partial charge is 0.422 e. The molecule has 2 heterocycles. The van der Waals surface area contributed by atoms with Crippen LogP contribution in [0.2, 0.25) is 5.02 Å². The van der Waals surface area contributed by atoms with E-state index in [1.807, 2.05) is 6.07 Å². The number of hydrogen-bond acceptors (Lipinski definition) is 6. The molecule has 5 rings (SSSR count). The number of non-ortho nitro benzene ring substituents is 1. The summed E-state index contributed by atoms with van der Waals surface area (Å²) in [6.07, 6.45) is 0. The van der Waals surface area contributed by atoms with Crippen LogP contribution in [-0.4, -0.2) is 16.7 Å². The maximum Gasteiger partial charge on any atom is 0.343 e. The third-order valence-electron chi connectivity index (χ3n) is 5.72. The van der Waals surface area contributed by atoms with Crippen LogP contribution in [0.15, 0.2) is 97.2 Å². The van der Waals surface area contributed by atoms with Crippen molar-refractivity contribution >= 4 is 67.2 Å². The summed E-state index contributed by atoms with van der Waals surface area (Å²) in [7, 11) is 0. The molecule has 0 fully saturated rings. The molecule has 1 aromatic heterocycles. The van der Waals surface area contributed by atoms with E-state index in [1.54, 1.807) is 55.5 Å². The van der Waals surface area contributed by atoms with E-state index in [1.165, 1.54) is 23.1 Å². The first-order valence-electron chi connectivity index (χ1n) is 10.6. The van der Waals surface area contributed by atoms with Crippen LogP contribution in [0.1, 0.15) is 18.1 Å². The van der Waals surface area contributed by atoms with Gasteiger partial charge in [-0.2, -0.15) is 0 Å². The Morgan fingerprint density at radius 1 is 1.06 bits per heavy atom. The van der Waals surface area contributed by atoms with Crippen molar-refractivity contribution in [2.45, 2.75) is 6.92 Å². The molecule has 0 atom stereocenters. The van der Waals surface area contributed by atoms with Crippen molar-refractivity contribution in [2.75, 3.05) is 4.90 Å². The Morgan fingerprint density at radius 2 is 1.78 bits per heavy atom. The highest BCUT2D eigenvalue weighted by molar-refractivity contribution is 9.10. The Kier molecular flexibility index (Phi) is 6.03. The number of aliphatic imine (C=N–C) groups is 1. The minimum absolute atomic E-state index is 0.00178. The topological polar surface area (TPSA) is 106 Å². The van der Waals surface area contributed by atoms with Gasteiger partial charge in [-0.3, -0.25) is 19.8 Å². The van der Waals surface area contributed by atoms with Crippen LogP contribution in [0.25, 0.3) is 16.5 Å². The van der Waals surface area contributed by atoms with Crippen molar-refractivity contribution in [3.05, 3.63) is 120 Å². The number of halogens is 2. The van der Waals surface area contributed by atoms with Crippen LogP contribution in [0.4, 0.5) is 11.4 Å². The minimum Gasteiger partial charge on any atom is -0.422 e. The van der Waals surface area contributed by atoms with Crippen LogP contribution in [0.3, 0.4) is 0 Å². The fraction of sp³-hybridized carbons (Fsp3) is 0.0385. The van der Waals surface area contributed by atoms with Gasteiger partial charge < -0.3 is 4.42 Å². The third-order valence-corrected chi connectivity index (χ3v) is 6.58. The number of rotatable bonds is 4. The van der Waals surface area contributed by atoms with Crippen LogP contribution in [0, 0.1) is 10.1 Å². The maximum atomic E-state index is 13.7. The number of allylic oxidation sites excluding steroid dienone is 1. The van der Waals surface area contributed by atoms with Gasteiger partial charge in [0, 0.05) is 27.6 Å². The van der Waals surface area contributed by atoms with Crippen molar-refractivity contribution in [1.29, 1.82) is 0 Å². The molecule has 1 aliphatic heterocycles. The molecule has 0 saturated heterocycles. The molecule has 0 aliphatic carbocycles. The monoisotopic (exact) mass is 563 g/mol. The number of fused-ring (bicyclic) bond motifs is 1. The van der Waals surface area contributed by atoms with E-state index in [0.717, 1.165) is 4.47 Å². The molecule has 10 heteroatoms. The molecule has 36 heavy (non-hydrogen) atoms. The number of para-hydroxylation sites is 1. The molecule has 3 aromatic carbocycles. The van der Waals surface area contributed by atoms with E-state index in [4.69, 9.17) is 16.0 Å². The van der Waals surface area contributed by atoms with Crippen LogP contribution < -0.4 is 10.5 Å². The molecule has 1 amide bonds. The molecule has 0 spiro atoms. The Hall–Kier alpha value is -4.08. The molecule has 4 aromatic rings. The van der Waals surface area contributed by atoms with E-state index >= 15 is 0 Å². The predicted molar refractivity (Wildman–Crippen MR) is 141 cm³/mol. The summed E-state index contributed by atoms with van der Waals surface area (Å²) in [4.78, 5) is 43.2. The Labute approximate surface area is 217 Å². The number of carbonyl (C=O) groups excluding carboxylic acids is 1. The van der Waals surface area contributed by atoms with Gasteiger partial charge in [0.25, 0.3) is 11.6 Å². The first-order chi connectivity index (χ1) is 17.2. The van der Waals surface area contributed by atoms with Crippen LogP contribution in [0.5, 0.6) is 0 Å². The lowest BCUT2D eigenvalue weighted by molar-refractivity contribution is -0.384. The fourth-order valence-electron chi connectivity index (χ4n) is 3.91. The number of nitro benzene ring substituents is 1. The molecule has 0 radical (unpaired) electrons. The second kappa shape index (κ2) is 9.18. The van der Waals surface area contributed by atoms with Crippen molar-refractivity contribution in [1.82, 2.24) is 0 Å².